The summed E-state index contributed by atoms with van der Waals surface area (Å²) < 4.78 is 16.0. The predicted molar refractivity (Wildman–Crippen MR) is 89.7 cm³/mol. The third-order valence-corrected chi connectivity index (χ3v) is 3.10. The summed E-state index contributed by atoms with van der Waals surface area (Å²) in [7, 11) is 1.57. The van der Waals surface area contributed by atoms with E-state index in [2.05, 4.69) is 15.3 Å². The number of nitrogens with zero attached hydrogens (tertiary/aromatic N) is 2. The van der Waals surface area contributed by atoms with Crippen LogP contribution in [0.5, 0.6) is 17.6 Å². The van der Waals surface area contributed by atoms with E-state index in [1.165, 1.54) is 6.20 Å². The molecule has 0 atom stereocenters. The van der Waals surface area contributed by atoms with Crippen LogP contribution in [0.4, 0.5) is 5.69 Å². The van der Waals surface area contributed by atoms with Crippen LogP contribution in [0.25, 0.3) is 0 Å². The minimum atomic E-state index is -0.215. The number of hydrogen-bond donors (Lipinski definition) is 1. The fraction of sp³-hybridized carbons (Fsp3) is 0.353. The Morgan fingerprint density at radius 1 is 1.17 bits per heavy atom. The first kappa shape index (κ1) is 17.5. The lowest BCUT2D eigenvalue weighted by Crippen LogP contribution is -2.16. The highest BCUT2D eigenvalue weighted by Crippen LogP contribution is 2.24. The van der Waals surface area contributed by atoms with E-state index in [1.807, 2.05) is 38.1 Å². The van der Waals surface area contributed by atoms with Crippen molar-refractivity contribution in [1.82, 2.24) is 9.97 Å². The van der Waals surface area contributed by atoms with Gasteiger partial charge >= 0.3 is 6.01 Å². The van der Waals surface area contributed by atoms with Gasteiger partial charge in [0.05, 0.1) is 32.9 Å². The molecule has 2 rings (SSSR count). The van der Waals surface area contributed by atoms with Crippen molar-refractivity contribution in [3.05, 3.63) is 36.0 Å². The van der Waals surface area contributed by atoms with Gasteiger partial charge in [0.25, 0.3) is 0 Å². The maximum Gasteiger partial charge on any atom is 0.319 e. The molecule has 0 bridgehead atoms. The molecule has 7 nitrogen and oxygen atoms in total. The van der Waals surface area contributed by atoms with Gasteiger partial charge < -0.3 is 19.5 Å². The molecule has 1 amide bonds. The standard InChI is InChI=1S/C17H21N3O4/c1-4-23-16-13(11-18-17(20-16)24-5-2)19-15(21)10-12-8-6-7-9-14(12)22-3/h6-9,11H,4-5,10H2,1-3H3,(H,19,21). The maximum atomic E-state index is 12.3. The highest BCUT2D eigenvalue weighted by atomic mass is 16.5. The van der Waals surface area contributed by atoms with Crippen molar-refractivity contribution in [2.75, 3.05) is 25.6 Å². The van der Waals surface area contributed by atoms with Crippen molar-refractivity contribution in [2.45, 2.75) is 20.3 Å². The molecule has 0 radical (unpaired) electrons. The lowest BCUT2D eigenvalue weighted by Gasteiger charge is -2.12. The first-order valence-electron chi connectivity index (χ1n) is 7.72. The van der Waals surface area contributed by atoms with Gasteiger partial charge in [0.1, 0.15) is 11.4 Å². The first-order valence-corrected chi connectivity index (χ1v) is 7.72. The average Bonchev–Trinajstić information content (AvgIpc) is 2.58. The summed E-state index contributed by atoms with van der Waals surface area (Å²) in [4.78, 5) is 20.5. The van der Waals surface area contributed by atoms with Crippen molar-refractivity contribution in [1.29, 1.82) is 0 Å². The minimum Gasteiger partial charge on any atom is -0.496 e. The zero-order chi connectivity index (χ0) is 17.4. The number of anilines is 1. The molecule has 1 heterocycles. The van der Waals surface area contributed by atoms with Gasteiger partial charge in [-0.2, -0.15) is 4.98 Å². The van der Waals surface area contributed by atoms with Crippen molar-refractivity contribution in [2.24, 2.45) is 0 Å². The van der Waals surface area contributed by atoms with Crippen LogP contribution in [0.15, 0.2) is 30.5 Å². The van der Waals surface area contributed by atoms with Gasteiger partial charge in [-0.1, -0.05) is 18.2 Å². The van der Waals surface area contributed by atoms with Crippen LogP contribution in [0.3, 0.4) is 0 Å². The number of ether oxygens (including phenoxy) is 3. The lowest BCUT2D eigenvalue weighted by atomic mass is 10.1. The molecule has 1 aromatic carbocycles. The molecule has 0 spiro atoms. The van der Waals surface area contributed by atoms with Crippen molar-refractivity contribution >= 4 is 11.6 Å². The maximum absolute atomic E-state index is 12.3. The summed E-state index contributed by atoms with van der Waals surface area (Å²) in [6, 6.07) is 7.58. The molecule has 2 aromatic rings. The number of nitrogens with one attached hydrogen (secondary N) is 1. The molecule has 0 aliphatic heterocycles. The first-order chi connectivity index (χ1) is 11.7. The fourth-order valence-corrected chi connectivity index (χ4v) is 2.10. The predicted octanol–water partition coefficient (Wildman–Crippen LogP) is 2.46. The van der Waals surface area contributed by atoms with Gasteiger partial charge in [-0.15, -0.1) is 0 Å². The van der Waals surface area contributed by atoms with Crippen LogP contribution in [0.1, 0.15) is 19.4 Å². The number of amides is 1. The van der Waals surface area contributed by atoms with Gasteiger partial charge in [-0.3, -0.25) is 4.79 Å². The zero-order valence-corrected chi connectivity index (χ0v) is 14.0. The van der Waals surface area contributed by atoms with Gasteiger partial charge in [-0.25, -0.2) is 4.98 Å². The van der Waals surface area contributed by atoms with E-state index in [1.54, 1.807) is 7.11 Å². The van der Waals surface area contributed by atoms with Crippen molar-refractivity contribution in [3.63, 3.8) is 0 Å². The monoisotopic (exact) mass is 331 g/mol. The number of carbonyl (C=O) groups is 1. The molecule has 0 aliphatic carbocycles. The topological polar surface area (TPSA) is 82.6 Å². The van der Waals surface area contributed by atoms with Gasteiger partial charge in [-0.05, 0) is 19.9 Å². The minimum absolute atomic E-state index is 0.169. The van der Waals surface area contributed by atoms with E-state index in [0.29, 0.717) is 24.7 Å². The zero-order valence-electron chi connectivity index (χ0n) is 14.0. The number of hydrogen-bond acceptors (Lipinski definition) is 6. The van der Waals surface area contributed by atoms with Crippen LogP contribution in [0.2, 0.25) is 0 Å². The van der Waals surface area contributed by atoms with E-state index in [4.69, 9.17) is 14.2 Å². The second-order valence-corrected chi connectivity index (χ2v) is 4.77. The Morgan fingerprint density at radius 3 is 2.62 bits per heavy atom. The van der Waals surface area contributed by atoms with E-state index in [-0.39, 0.29) is 24.2 Å². The lowest BCUT2D eigenvalue weighted by molar-refractivity contribution is -0.115. The smallest absolute Gasteiger partial charge is 0.319 e. The number of methoxy groups -OCH3 is 1. The van der Waals surface area contributed by atoms with Gasteiger partial charge in [0.2, 0.25) is 11.8 Å². The molecule has 0 fully saturated rings. The Hall–Kier alpha value is -2.83. The van der Waals surface area contributed by atoms with Crippen molar-refractivity contribution in [3.8, 4) is 17.6 Å². The third-order valence-electron chi connectivity index (χ3n) is 3.10. The second-order valence-electron chi connectivity index (χ2n) is 4.77. The Labute approximate surface area is 141 Å². The van der Waals surface area contributed by atoms with Gasteiger partial charge in [0, 0.05) is 5.56 Å². The van der Waals surface area contributed by atoms with Crippen molar-refractivity contribution < 1.29 is 19.0 Å². The fourth-order valence-electron chi connectivity index (χ4n) is 2.10. The molecule has 7 heteroatoms. The second kappa shape index (κ2) is 8.71. The molecule has 1 N–H and O–H groups in total. The third kappa shape index (κ3) is 4.58. The Bertz CT molecular complexity index is 691. The number of aromatic nitrogens is 2. The van der Waals surface area contributed by atoms with Crippen LogP contribution in [-0.4, -0.2) is 36.2 Å². The highest BCUT2D eigenvalue weighted by molar-refractivity contribution is 5.93. The molecular formula is C17H21N3O4. The molecule has 0 aliphatic rings. The molecule has 0 saturated heterocycles. The Balaban J connectivity index is 2.13. The Kier molecular flexibility index (Phi) is 6.36. The molecule has 1 aromatic heterocycles. The quantitative estimate of drug-likeness (QED) is 0.800. The van der Waals surface area contributed by atoms with Crippen LogP contribution >= 0.6 is 0 Å². The van der Waals surface area contributed by atoms with Crippen LogP contribution in [-0.2, 0) is 11.2 Å². The highest BCUT2D eigenvalue weighted by Gasteiger charge is 2.14. The summed E-state index contributed by atoms with van der Waals surface area (Å²) >= 11 is 0. The van der Waals surface area contributed by atoms with Gasteiger partial charge in [0.15, 0.2) is 0 Å². The number of para-hydroxylation sites is 1. The molecule has 0 unspecified atom stereocenters. The molecule has 128 valence electrons. The number of rotatable bonds is 8. The molecule has 0 saturated carbocycles. The summed E-state index contributed by atoms with van der Waals surface area (Å²) in [5, 5.41) is 2.76. The summed E-state index contributed by atoms with van der Waals surface area (Å²) in [6.45, 7) is 4.54. The van der Waals surface area contributed by atoms with E-state index < -0.39 is 0 Å². The number of carbonyl (C=O) groups excluding carboxylic acids is 1. The molecule has 24 heavy (non-hydrogen) atoms. The van der Waals surface area contributed by atoms with Crippen LogP contribution in [0, 0.1) is 0 Å². The Morgan fingerprint density at radius 2 is 1.92 bits per heavy atom. The SMILES string of the molecule is CCOc1ncc(NC(=O)Cc2ccccc2OC)c(OCC)n1. The van der Waals surface area contributed by atoms with Crippen LogP contribution < -0.4 is 19.5 Å². The average molecular weight is 331 g/mol. The van der Waals surface area contributed by atoms with E-state index in [0.717, 1.165) is 5.56 Å². The number of benzene rings is 1. The van der Waals surface area contributed by atoms with E-state index >= 15 is 0 Å². The molecular weight excluding hydrogens is 310 g/mol. The largest absolute Gasteiger partial charge is 0.496 e. The summed E-state index contributed by atoms with van der Waals surface area (Å²) in [5.41, 5.74) is 1.20. The van der Waals surface area contributed by atoms with E-state index in [9.17, 15) is 4.79 Å². The normalized spacial score (nSPS) is 10.1. The summed E-state index contributed by atoms with van der Waals surface area (Å²) in [6.07, 6.45) is 1.64. The summed E-state index contributed by atoms with van der Waals surface area (Å²) in [5.74, 6) is 0.734.